The van der Waals surface area contributed by atoms with Crippen LogP contribution >= 0.6 is 0 Å². The third kappa shape index (κ3) is 1.47. The van der Waals surface area contributed by atoms with E-state index in [-0.39, 0.29) is 0 Å². The summed E-state index contributed by atoms with van der Waals surface area (Å²) in [7, 11) is 0. The van der Waals surface area contributed by atoms with E-state index in [1.807, 2.05) is 0 Å². The van der Waals surface area contributed by atoms with Crippen molar-refractivity contribution in [2.45, 2.75) is 46.0 Å². The standard InChI is InChI=1S/C11H19NO/c1-11(2)5-3-4-8-6-9(12-13)7-10(8)11/h8,10,13H,3-7H2,1-2H3/b12-9+. The van der Waals surface area contributed by atoms with Gasteiger partial charge in [-0.15, -0.1) is 0 Å². The van der Waals surface area contributed by atoms with E-state index >= 15 is 0 Å². The Morgan fingerprint density at radius 3 is 2.77 bits per heavy atom. The summed E-state index contributed by atoms with van der Waals surface area (Å²) in [5, 5.41) is 12.2. The molecule has 2 fully saturated rings. The first-order valence-electron chi connectivity index (χ1n) is 5.33. The number of fused-ring (bicyclic) bond motifs is 1. The highest BCUT2D eigenvalue weighted by atomic mass is 16.4. The molecule has 0 aromatic rings. The normalized spacial score (nSPS) is 40.6. The minimum absolute atomic E-state index is 0.468. The summed E-state index contributed by atoms with van der Waals surface area (Å²) in [6, 6.07) is 0. The minimum atomic E-state index is 0.468. The maximum absolute atomic E-state index is 8.77. The van der Waals surface area contributed by atoms with Crippen LogP contribution in [0.1, 0.15) is 46.0 Å². The predicted molar refractivity (Wildman–Crippen MR) is 53.1 cm³/mol. The van der Waals surface area contributed by atoms with Gasteiger partial charge in [0.15, 0.2) is 0 Å². The van der Waals surface area contributed by atoms with Gasteiger partial charge in [-0.1, -0.05) is 25.4 Å². The van der Waals surface area contributed by atoms with Crippen molar-refractivity contribution in [3.8, 4) is 0 Å². The second-order valence-electron chi connectivity index (χ2n) is 5.32. The van der Waals surface area contributed by atoms with Crippen LogP contribution in [0.3, 0.4) is 0 Å². The average Bonchev–Trinajstić information content (AvgIpc) is 2.48. The third-order valence-electron chi connectivity index (χ3n) is 4.06. The molecule has 0 bridgehead atoms. The van der Waals surface area contributed by atoms with Crippen LogP contribution in [0.15, 0.2) is 5.16 Å². The summed E-state index contributed by atoms with van der Waals surface area (Å²) in [5.74, 6) is 1.57. The molecule has 0 aliphatic heterocycles. The highest BCUT2D eigenvalue weighted by Gasteiger charge is 2.43. The lowest BCUT2D eigenvalue weighted by atomic mass is 9.65. The van der Waals surface area contributed by atoms with Crippen LogP contribution in [-0.2, 0) is 0 Å². The lowest BCUT2D eigenvalue weighted by Gasteiger charge is -2.40. The summed E-state index contributed by atoms with van der Waals surface area (Å²) in [4.78, 5) is 0. The molecule has 0 aromatic carbocycles. The van der Waals surface area contributed by atoms with Crippen LogP contribution in [0.4, 0.5) is 0 Å². The molecule has 2 aliphatic carbocycles. The monoisotopic (exact) mass is 181 g/mol. The van der Waals surface area contributed by atoms with E-state index in [0.717, 1.165) is 30.4 Å². The third-order valence-corrected chi connectivity index (χ3v) is 4.06. The van der Waals surface area contributed by atoms with Crippen molar-refractivity contribution in [3.05, 3.63) is 0 Å². The minimum Gasteiger partial charge on any atom is -0.411 e. The van der Waals surface area contributed by atoms with Crippen LogP contribution in [0.25, 0.3) is 0 Å². The average molecular weight is 181 g/mol. The molecule has 2 aliphatic rings. The van der Waals surface area contributed by atoms with E-state index in [9.17, 15) is 0 Å². The number of nitrogens with zero attached hydrogens (tertiary/aromatic N) is 1. The van der Waals surface area contributed by atoms with E-state index in [1.165, 1.54) is 19.3 Å². The number of oxime groups is 1. The van der Waals surface area contributed by atoms with Gasteiger partial charge in [-0.2, -0.15) is 0 Å². The van der Waals surface area contributed by atoms with Crippen molar-refractivity contribution in [3.63, 3.8) is 0 Å². The second-order valence-corrected chi connectivity index (χ2v) is 5.32. The van der Waals surface area contributed by atoms with Crippen LogP contribution in [-0.4, -0.2) is 10.9 Å². The lowest BCUT2D eigenvalue weighted by Crippen LogP contribution is -2.31. The molecule has 0 heterocycles. The fourth-order valence-corrected chi connectivity index (χ4v) is 3.25. The Morgan fingerprint density at radius 1 is 1.38 bits per heavy atom. The van der Waals surface area contributed by atoms with Gasteiger partial charge in [0, 0.05) is 0 Å². The Labute approximate surface area is 80.0 Å². The lowest BCUT2D eigenvalue weighted by molar-refractivity contribution is 0.0991. The van der Waals surface area contributed by atoms with Crippen molar-refractivity contribution in [1.82, 2.24) is 0 Å². The fraction of sp³-hybridized carbons (Fsp3) is 0.909. The highest BCUT2D eigenvalue weighted by Crippen LogP contribution is 2.50. The molecule has 1 N–H and O–H groups in total. The maximum atomic E-state index is 8.77. The number of hydrogen-bond acceptors (Lipinski definition) is 2. The van der Waals surface area contributed by atoms with Gasteiger partial charge in [0.2, 0.25) is 0 Å². The van der Waals surface area contributed by atoms with Gasteiger partial charge in [0.1, 0.15) is 0 Å². The molecular formula is C11H19NO. The molecule has 0 radical (unpaired) electrons. The molecular weight excluding hydrogens is 162 g/mol. The Hall–Kier alpha value is -0.530. The van der Waals surface area contributed by atoms with Crippen molar-refractivity contribution in [1.29, 1.82) is 0 Å². The van der Waals surface area contributed by atoms with Crippen LogP contribution in [0.5, 0.6) is 0 Å². The predicted octanol–water partition coefficient (Wildman–Crippen LogP) is 3.05. The van der Waals surface area contributed by atoms with Crippen LogP contribution < -0.4 is 0 Å². The quantitative estimate of drug-likeness (QED) is 0.452. The first-order valence-corrected chi connectivity index (χ1v) is 5.33. The smallest absolute Gasteiger partial charge is 0.0576 e. The van der Waals surface area contributed by atoms with E-state index in [2.05, 4.69) is 19.0 Å². The number of rotatable bonds is 0. The van der Waals surface area contributed by atoms with E-state index < -0.39 is 0 Å². The zero-order valence-electron chi connectivity index (χ0n) is 8.58. The van der Waals surface area contributed by atoms with Crippen LogP contribution in [0, 0.1) is 17.3 Å². The first-order chi connectivity index (χ1) is 6.13. The summed E-state index contributed by atoms with van der Waals surface area (Å²) < 4.78 is 0. The summed E-state index contributed by atoms with van der Waals surface area (Å²) in [6.07, 6.45) is 6.12. The number of hydrogen-bond donors (Lipinski definition) is 1. The zero-order valence-corrected chi connectivity index (χ0v) is 8.58. The molecule has 2 heteroatoms. The Balaban J connectivity index is 2.17. The molecule has 13 heavy (non-hydrogen) atoms. The highest BCUT2D eigenvalue weighted by molar-refractivity contribution is 5.86. The Morgan fingerprint density at radius 2 is 2.15 bits per heavy atom. The maximum Gasteiger partial charge on any atom is 0.0576 e. The molecule has 2 rings (SSSR count). The Kier molecular flexibility index (Phi) is 2.09. The molecule has 0 spiro atoms. The fourth-order valence-electron chi connectivity index (χ4n) is 3.25. The van der Waals surface area contributed by atoms with Crippen LogP contribution in [0.2, 0.25) is 0 Å². The van der Waals surface area contributed by atoms with Gasteiger partial charge in [-0.25, -0.2) is 0 Å². The van der Waals surface area contributed by atoms with Crippen molar-refractivity contribution >= 4 is 5.71 Å². The molecule has 2 unspecified atom stereocenters. The Bertz CT molecular complexity index is 232. The SMILES string of the molecule is CC1(C)CCCC2C/C(=N\O)CC21. The zero-order chi connectivity index (χ0) is 9.47. The van der Waals surface area contributed by atoms with Gasteiger partial charge in [0.25, 0.3) is 0 Å². The second kappa shape index (κ2) is 3.00. The molecule has 2 nitrogen and oxygen atoms in total. The van der Waals surface area contributed by atoms with Gasteiger partial charge in [0.05, 0.1) is 5.71 Å². The molecule has 0 aromatic heterocycles. The van der Waals surface area contributed by atoms with Gasteiger partial charge < -0.3 is 5.21 Å². The summed E-state index contributed by atoms with van der Waals surface area (Å²) >= 11 is 0. The van der Waals surface area contributed by atoms with Gasteiger partial charge in [-0.3, -0.25) is 0 Å². The molecule has 74 valence electrons. The largest absolute Gasteiger partial charge is 0.411 e. The summed E-state index contributed by atoms with van der Waals surface area (Å²) in [6.45, 7) is 4.73. The summed E-state index contributed by atoms with van der Waals surface area (Å²) in [5.41, 5.74) is 1.50. The van der Waals surface area contributed by atoms with Crippen molar-refractivity contribution in [2.75, 3.05) is 0 Å². The topological polar surface area (TPSA) is 32.6 Å². The molecule has 0 saturated heterocycles. The van der Waals surface area contributed by atoms with E-state index in [4.69, 9.17) is 5.21 Å². The molecule has 0 amide bonds. The van der Waals surface area contributed by atoms with Gasteiger partial charge in [-0.05, 0) is 42.9 Å². The van der Waals surface area contributed by atoms with E-state index in [0.29, 0.717) is 5.41 Å². The van der Waals surface area contributed by atoms with E-state index in [1.54, 1.807) is 0 Å². The molecule has 2 saturated carbocycles. The van der Waals surface area contributed by atoms with Crippen molar-refractivity contribution < 1.29 is 5.21 Å². The molecule has 2 atom stereocenters. The first kappa shape index (κ1) is 9.04. The van der Waals surface area contributed by atoms with Crippen molar-refractivity contribution in [2.24, 2.45) is 22.4 Å². The van der Waals surface area contributed by atoms with Gasteiger partial charge >= 0.3 is 0 Å².